The molecule has 0 bridgehead atoms. The fourth-order valence-corrected chi connectivity index (χ4v) is 2.12. The van der Waals surface area contributed by atoms with Crippen molar-refractivity contribution in [3.8, 4) is 0 Å². The van der Waals surface area contributed by atoms with Crippen molar-refractivity contribution in [3.05, 3.63) is 65.2 Å². The molecule has 0 saturated heterocycles. The van der Waals surface area contributed by atoms with Crippen LogP contribution in [0.3, 0.4) is 0 Å². The molecule has 0 atom stereocenters. The van der Waals surface area contributed by atoms with E-state index in [1.807, 2.05) is 44.2 Å². The Bertz CT molecular complexity index is 680. The van der Waals surface area contributed by atoms with Crippen LogP contribution in [0.15, 0.2) is 48.5 Å². The molecule has 1 N–H and O–H groups in total. The van der Waals surface area contributed by atoms with Crippen molar-refractivity contribution in [1.29, 1.82) is 0 Å². The van der Waals surface area contributed by atoms with E-state index in [2.05, 4.69) is 5.32 Å². The molecule has 0 saturated carbocycles. The number of aryl methyl sites for hydroxylation is 2. The lowest BCUT2D eigenvalue weighted by molar-refractivity contribution is -0.119. The Morgan fingerprint density at radius 1 is 1.09 bits per heavy atom. The molecule has 4 nitrogen and oxygen atoms in total. The number of amides is 1. The third-order valence-corrected chi connectivity index (χ3v) is 3.26. The molecule has 0 spiro atoms. The second-order valence-corrected chi connectivity index (χ2v) is 5.00. The van der Waals surface area contributed by atoms with E-state index in [0.29, 0.717) is 5.56 Å². The summed E-state index contributed by atoms with van der Waals surface area (Å²) in [5, 5.41) is 2.76. The van der Waals surface area contributed by atoms with Crippen molar-refractivity contribution < 1.29 is 14.3 Å². The van der Waals surface area contributed by atoms with E-state index in [0.717, 1.165) is 23.2 Å². The van der Waals surface area contributed by atoms with Crippen LogP contribution in [-0.2, 0) is 16.0 Å². The van der Waals surface area contributed by atoms with Gasteiger partial charge in [-0.1, -0.05) is 42.8 Å². The van der Waals surface area contributed by atoms with Crippen LogP contribution in [0.5, 0.6) is 0 Å². The van der Waals surface area contributed by atoms with Crippen molar-refractivity contribution in [2.24, 2.45) is 0 Å². The summed E-state index contributed by atoms with van der Waals surface area (Å²) in [7, 11) is 0. The number of hydrogen-bond acceptors (Lipinski definition) is 3. The molecule has 0 unspecified atom stereocenters. The topological polar surface area (TPSA) is 55.4 Å². The second kappa shape index (κ2) is 7.41. The van der Waals surface area contributed by atoms with Gasteiger partial charge < -0.3 is 10.1 Å². The number of para-hydroxylation sites is 1. The fraction of sp³-hybridized carbons (Fsp3) is 0.222. The Hall–Kier alpha value is -2.62. The summed E-state index contributed by atoms with van der Waals surface area (Å²) in [6, 6.07) is 14.6. The highest BCUT2D eigenvalue weighted by Crippen LogP contribution is 2.15. The van der Waals surface area contributed by atoms with Gasteiger partial charge in [-0.2, -0.15) is 0 Å². The average Bonchev–Trinajstić information content (AvgIpc) is 2.53. The normalized spacial score (nSPS) is 10.1. The number of hydrogen-bond donors (Lipinski definition) is 1. The molecule has 4 heteroatoms. The minimum atomic E-state index is -0.498. The van der Waals surface area contributed by atoms with Crippen molar-refractivity contribution in [3.63, 3.8) is 0 Å². The van der Waals surface area contributed by atoms with Crippen molar-refractivity contribution in [2.45, 2.75) is 20.3 Å². The summed E-state index contributed by atoms with van der Waals surface area (Å²) in [5.41, 5.74) is 3.21. The lowest BCUT2D eigenvalue weighted by Crippen LogP contribution is -2.21. The first-order chi connectivity index (χ1) is 10.6. The highest BCUT2D eigenvalue weighted by molar-refractivity contribution is 5.95. The van der Waals surface area contributed by atoms with Gasteiger partial charge in [0.1, 0.15) is 0 Å². The van der Waals surface area contributed by atoms with Crippen LogP contribution < -0.4 is 5.32 Å². The third-order valence-electron chi connectivity index (χ3n) is 3.26. The zero-order valence-corrected chi connectivity index (χ0v) is 12.8. The molecule has 114 valence electrons. The van der Waals surface area contributed by atoms with Gasteiger partial charge in [0.15, 0.2) is 6.61 Å². The molecule has 22 heavy (non-hydrogen) atoms. The molecule has 0 fully saturated rings. The Balaban J connectivity index is 1.91. The fourth-order valence-electron chi connectivity index (χ4n) is 2.12. The first-order valence-corrected chi connectivity index (χ1v) is 7.21. The molecule has 2 aromatic rings. The van der Waals surface area contributed by atoms with Crippen LogP contribution in [0.25, 0.3) is 0 Å². The molecule has 2 aromatic carbocycles. The number of benzene rings is 2. The third kappa shape index (κ3) is 4.19. The predicted molar refractivity (Wildman–Crippen MR) is 85.9 cm³/mol. The number of nitrogens with one attached hydrogen (secondary N) is 1. The minimum absolute atomic E-state index is 0.301. The lowest BCUT2D eigenvalue weighted by atomic mass is 10.1. The summed E-state index contributed by atoms with van der Waals surface area (Å²) in [6.45, 7) is 3.61. The number of carbonyl (C=O) groups excluding carboxylic acids is 2. The smallest absolute Gasteiger partial charge is 0.338 e. The monoisotopic (exact) mass is 297 g/mol. The molecule has 0 aliphatic carbocycles. The van der Waals surface area contributed by atoms with E-state index >= 15 is 0 Å². The van der Waals surface area contributed by atoms with E-state index in [-0.39, 0.29) is 12.5 Å². The molecule has 0 heterocycles. The number of rotatable bonds is 5. The maximum atomic E-state index is 11.9. The van der Waals surface area contributed by atoms with Gasteiger partial charge in [-0.05, 0) is 37.1 Å². The Kier molecular flexibility index (Phi) is 5.31. The second-order valence-electron chi connectivity index (χ2n) is 5.00. The first kappa shape index (κ1) is 15.8. The van der Waals surface area contributed by atoms with Gasteiger partial charge in [-0.3, -0.25) is 4.79 Å². The van der Waals surface area contributed by atoms with Crippen molar-refractivity contribution >= 4 is 17.6 Å². The van der Waals surface area contributed by atoms with E-state index < -0.39 is 5.97 Å². The Morgan fingerprint density at radius 2 is 1.86 bits per heavy atom. The van der Waals surface area contributed by atoms with Gasteiger partial charge in [-0.25, -0.2) is 4.79 Å². The predicted octanol–water partition coefficient (Wildman–Crippen LogP) is 3.35. The number of esters is 1. The largest absolute Gasteiger partial charge is 0.452 e. The van der Waals surface area contributed by atoms with Crippen LogP contribution in [0.2, 0.25) is 0 Å². The van der Waals surface area contributed by atoms with Crippen LogP contribution in [0, 0.1) is 6.92 Å². The highest BCUT2D eigenvalue weighted by Gasteiger charge is 2.11. The molecule has 0 aliphatic rings. The number of anilines is 1. The molecule has 0 radical (unpaired) electrons. The van der Waals surface area contributed by atoms with E-state index in [1.165, 1.54) is 0 Å². The molecular formula is C18H19NO3. The highest BCUT2D eigenvalue weighted by atomic mass is 16.5. The molecule has 0 aliphatic heterocycles. The molecule has 2 rings (SSSR count). The minimum Gasteiger partial charge on any atom is -0.452 e. The maximum absolute atomic E-state index is 11.9. The molecule has 0 aromatic heterocycles. The van der Waals surface area contributed by atoms with E-state index in [4.69, 9.17) is 4.74 Å². The Labute approximate surface area is 130 Å². The van der Waals surface area contributed by atoms with Crippen molar-refractivity contribution in [1.82, 2.24) is 0 Å². The molecular weight excluding hydrogens is 278 g/mol. The summed E-state index contributed by atoms with van der Waals surface area (Å²) < 4.78 is 5.04. The van der Waals surface area contributed by atoms with Crippen LogP contribution in [0.1, 0.15) is 28.4 Å². The zero-order valence-electron chi connectivity index (χ0n) is 12.8. The van der Waals surface area contributed by atoms with Gasteiger partial charge in [0.05, 0.1) is 5.56 Å². The summed E-state index contributed by atoms with van der Waals surface area (Å²) in [6.07, 6.45) is 0.819. The standard InChI is InChI=1S/C18H19NO3/c1-3-14-8-4-5-10-16(14)19-17(20)12-22-18(21)15-9-6-7-13(2)11-15/h4-11H,3,12H2,1-2H3,(H,19,20). The first-order valence-electron chi connectivity index (χ1n) is 7.21. The summed E-state index contributed by atoms with van der Waals surface area (Å²) >= 11 is 0. The quantitative estimate of drug-likeness (QED) is 0.861. The lowest BCUT2D eigenvalue weighted by Gasteiger charge is -2.10. The van der Waals surface area contributed by atoms with Gasteiger partial charge in [0.2, 0.25) is 0 Å². The van der Waals surface area contributed by atoms with Gasteiger partial charge >= 0.3 is 5.97 Å². The van der Waals surface area contributed by atoms with Crippen molar-refractivity contribution in [2.75, 3.05) is 11.9 Å². The van der Waals surface area contributed by atoms with Gasteiger partial charge in [0, 0.05) is 5.69 Å². The van der Waals surface area contributed by atoms with E-state index in [9.17, 15) is 9.59 Å². The number of carbonyl (C=O) groups is 2. The van der Waals surface area contributed by atoms with E-state index in [1.54, 1.807) is 18.2 Å². The maximum Gasteiger partial charge on any atom is 0.338 e. The van der Waals surface area contributed by atoms with Crippen LogP contribution in [-0.4, -0.2) is 18.5 Å². The van der Waals surface area contributed by atoms with Gasteiger partial charge in [0.25, 0.3) is 5.91 Å². The SMILES string of the molecule is CCc1ccccc1NC(=O)COC(=O)c1cccc(C)c1. The van der Waals surface area contributed by atoms with Gasteiger partial charge in [-0.15, -0.1) is 0 Å². The number of ether oxygens (including phenoxy) is 1. The van der Waals surface area contributed by atoms with Crippen LogP contribution in [0.4, 0.5) is 5.69 Å². The summed E-state index contributed by atoms with van der Waals surface area (Å²) in [4.78, 5) is 23.8. The summed E-state index contributed by atoms with van der Waals surface area (Å²) in [5.74, 6) is -0.843. The molecule has 1 amide bonds. The average molecular weight is 297 g/mol. The van der Waals surface area contributed by atoms with Crippen LogP contribution >= 0.6 is 0 Å². The Morgan fingerprint density at radius 3 is 2.59 bits per heavy atom. The zero-order chi connectivity index (χ0) is 15.9.